The van der Waals surface area contributed by atoms with Crippen molar-refractivity contribution in [2.24, 2.45) is 0 Å². The number of carbonyl (C=O) groups excluding carboxylic acids is 1. The van der Waals surface area contributed by atoms with E-state index in [1.807, 2.05) is 41.0 Å². The number of hydrogen-bond acceptors (Lipinski definition) is 3. The number of para-hydroxylation sites is 2. The fraction of sp³-hybridized carbons (Fsp3) is 0.100. The smallest absolute Gasteiger partial charge is 0.240 e. The molecule has 4 rings (SSSR count). The summed E-state index contributed by atoms with van der Waals surface area (Å²) >= 11 is 1.67. The zero-order valence-electron chi connectivity index (χ0n) is 13.6. The Labute approximate surface area is 149 Å². The zero-order valence-corrected chi connectivity index (χ0v) is 14.4. The number of imidazole rings is 1. The first-order chi connectivity index (χ1) is 12.3. The predicted octanol–water partition coefficient (Wildman–Crippen LogP) is 4.08. The van der Waals surface area contributed by atoms with Gasteiger partial charge < -0.3 is 9.88 Å². The van der Waals surface area contributed by atoms with Gasteiger partial charge in [0.05, 0.1) is 17.4 Å². The molecule has 0 saturated carbocycles. The molecule has 0 aliphatic rings. The summed E-state index contributed by atoms with van der Waals surface area (Å²) in [4.78, 5) is 16.7. The van der Waals surface area contributed by atoms with Gasteiger partial charge in [-0.05, 0) is 45.6 Å². The number of nitrogens with one attached hydrogen (secondary N) is 1. The highest BCUT2D eigenvalue weighted by atomic mass is 32.1. The Morgan fingerprint density at radius 2 is 1.92 bits per heavy atom. The highest BCUT2D eigenvalue weighted by molar-refractivity contribution is 7.08. The summed E-state index contributed by atoms with van der Waals surface area (Å²) in [5, 5.41) is 7.21. The number of benzene rings is 2. The summed E-state index contributed by atoms with van der Waals surface area (Å²) in [6.07, 6.45) is 1.71. The van der Waals surface area contributed by atoms with E-state index in [4.69, 9.17) is 0 Å². The first kappa shape index (κ1) is 15.6. The van der Waals surface area contributed by atoms with Crippen LogP contribution in [0.25, 0.3) is 22.2 Å². The van der Waals surface area contributed by atoms with Crippen LogP contribution in [0.5, 0.6) is 0 Å². The average Bonchev–Trinajstić information content (AvgIpc) is 3.31. The molecule has 0 bridgehead atoms. The van der Waals surface area contributed by atoms with Crippen LogP contribution >= 0.6 is 11.3 Å². The lowest BCUT2D eigenvalue weighted by molar-refractivity contribution is -0.121. The summed E-state index contributed by atoms with van der Waals surface area (Å²) in [6, 6.07) is 18.1. The lowest BCUT2D eigenvalue weighted by Gasteiger charge is -2.10. The molecule has 0 saturated heterocycles. The van der Waals surface area contributed by atoms with Crippen LogP contribution in [0.15, 0.2) is 71.7 Å². The summed E-state index contributed by atoms with van der Waals surface area (Å²) in [6.45, 7) is 0.776. The molecule has 0 unspecified atom stereocenters. The van der Waals surface area contributed by atoms with Crippen LogP contribution in [0, 0.1) is 0 Å². The minimum absolute atomic E-state index is 0.0247. The highest BCUT2D eigenvalue weighted by Crippen LogP contribution is 2.25. The van der Waals surface area contributed by atoms with Crippen molar-refractivity contribution in [3.8, 4) is 11.1 Å². The minimum Gasteiger partial charge on any atom is -0.350 e. The van der Waals surface area contributed by atoms with Crippen molar-refractivity contribution < 1.29 is 4.79 Å². The number of aromatic nitrogens is 2. The van der Waals surface area contributed by atoms with Crippen molar-refractivity contribution in [1.29, 1.82) is 0 Å². The molecule has 2 aromatic carbocycles. The Balaban J connectivity index is 1.46. The van der Waals surface area contributed by atoms with Gasteiger partial charge in [-0.1, -0.05) is 36.4 Å². The first-order valence-electron chi connectivity index (χ1n) is 8.08. The largest absolute Gasteiger partial charge is 0.350 e. The van der Waals surface area contributed by atoms with E-state index >= 15 is 0 Å². The normalized spacial score (nSPS) is 10.9. The Bertz CT molecular complexity index is 1000. The average molecular weight is 347 g/mol. The molecule has 4 aromatic rings. The quantitative estimate of drug-likeness (QED) is 0.591. The second kappa shape index (κ2) is 6.91. The van der Waals surface area contributed by atoms with E-state index in [-0.39, 0.29) is 12.5 Å². The van der Waals surface area contributed by atoms with Gasteiger partial charge in [0.2, 0.25) is 5.91 Å². The molecule has 1 amide bonds. The van der Waals surface area contributed by atoms with Gasteiger partial charge in [-0.25, -0.2) is 4.98 Å². The SMILES string of the molecule is O=C(Cn1cnc2ccccc21)NCc1ccccc1-c1ccsc1. The Morgan fingerprint density at radius 1 is 1.08 bits per heavy atom. The summed E-state index contributed by atoms with van der Waals surface area (Å²) in [5.41, 5.74) is 5.34. The van der Waals surface area contributed by atoms with Gasteiger partial charge in [-0.3, -0.25) is 4.79 Å². The molecular formula is C20H17N3OS. The van der Waals surface area contributed by atoms with E-state index in [1.165, 1.54) is 5.56 Å². The molecule has 2 aromatic heterocycles. The van der Waals surface area contributed by atoms with Gasteiger partial charge in [-0.2, -0.15) is 11.3 Å². The van der Waals surface area contributed by atoms with Crippen molar-refractivity contribution in [3.05, 3.63) is 77.2 Å². The van der Waals surface area contributed by atoms with Crippen LogP contribution in [-0.4, -0.2) is 15.5 Å². The standard InChI is InChI=1S/C20H17N3OS/c24-20(12-23-14-22-18-7-3-4-8-19(18)23)21-11-15-5-1-2-6-17(15)16-9-10-25-13-16/h1-10,13-14H,11-12H2,(H,21,24). The number of rotatable bonds is 5. The topological polar surface area (TPSA) is 46.9 Å². The van der Waals surface area contributed by atoms with E-state index < -0.39 is 0 Å². The molecule has 0 spiro atoms. The van der Waals surface area contributed by atoms with Gasteiger partial charge >= 0.3 is 0 Å². The maximum Gasteiger partial charge on any atom is 0.240 e. The molecule has 0 fully saturated rings. The van der Waals surface area contributed by atoms with Crippen LogP contribution in [0.2, 0.25) is 0 Å². The van der Waals surface area contributed by atoms with Gasteiger partial charge in [0.1, 0.15) is 6.54 Å². The van der Waals surface area contributed by atoms with Crippen LogP contribution in [0.4, 0.5) is 0 Å². The molecule has 0 aliphatic heterocycles. The fourth-order valence-corrected chi connectivity index (χ4v) is 3.57. The highest BCUT2D eigenvalue weighted by Gasteiger charge is 2.09. The van der Waals surface area contributed by atoms with Crippen molar-refractivity contribution in [3.63, 3.8) is 0 Å². The van der Waals surface area contributed by atoms with Crippen LogP contribution in [-0.2, 0) is 17.9 Å². The van der Waals surface area contributed by atoms with E-state index in [0.717, 1.165) is 22.2 Å². The number of fused-ring (bicyclic) bond motifs is 1. The van der Waals surface area contributed by atoms with Gasteiger partial charge in [0.25, 0.3) is 0 Å². The number of nitrogens with zero attached hydrogens (tertiary/aromatic N) is 2. The second-order valence-electron chi connectivity index (χ2n) is 5.81. The maximum absolute atomic E-state index is 12.4. The van der Waals surface area contributed by atoms with Crippen LogP contribution in [0.3, 0.4) is 0 Å². The Hall–Kier alpha value is -2.92. The summed E-state index contributed by atoms with van der Waals surface area (Å²) in [7, 11) is 0. The molecule has 4 nitrogen and oxygen atoms in total. The lowest BCUT2D eigenvalue weighted by atomic mass is 10.0. The molecule has 2 heterocycles. The molecule has 1 N–H and O–H groups in total. The molecule has 5 heteroatoms. The zero-order chi connectivity index (χ0) is 17.1. The number of hydrogen-bond donors (Lipinski definition) is 1. The third-order valence-electron chi connectivity index (χ3n) is 4.17. The number of thiophene rings is 1. The van der Waals surface area contributed by atoms with Crippen molar-refractivity contribution in [1.82, 2.24) is 14.9 Å². The van der Waals surface area contributed by atoms with E-state index in [9.17, 15) is 4.79 Å². The van der Waals surface area contributed by atoms with Crippen molar-refractivity contribution >= 4 is 28.3 Å². The number of carbonyl (C=O) groups is 1. The van der Waals surface area contributed by atoms with Crippen molar-refractivity contribution in [2.75, 3.05) is 0 Å². The molecular weight excluding hydrogens is 330 g/mol. The van der Waals surface area contributed by atoms with Crippen molar-refractivity contribution in [2.45, 2.75) is 13.1 Å². The van der Waals surface area contributed by atoms with Gasteiger partial charge in [0.15, 0.2) is 0 Å². The third-order valence-corrected chi connectivity index (χ3v) is 4.85. The van der Waals surface area contributed by atoms with E-state index in [1.54, 1.807) is 17.7 Å². The van der Waals surface area contributed by atoms with Crippen LogP contribution in [0.1, 0.15) is 5.56 Å². The predicted molar refractivity (Wildman–Crippen MR) is 101 cm³/mol. The second-order valence-corrected chi connectivity index (χ2v) is 6.59. The van der Waals surface area contributed by atoms with Crippen LogP contribution < -0.4 is 5.32 Å². The van der Waals surface area contributed by atoms with E-state index in [2.05, 4.69) is 39.3 Å². The third kappa shape index (κ3) is 3.32. The fourth-order valence-electron chi connectivity index (χ4n) is 2.91. The van der Waals surface area contributed by atoms with E-state index in [0.29, 0.717) is 6.54 Å². The minimum atomic E-state index is -0.0247. The Morgan fingerprint density at radius 3 is 2.80 bits per heavy atom. The summed E-state index contributed by atoms with van der Waals surface area (Å²) in [5.74, 6) is -0.0247. The molecule has 25 heavy (non-hydrogen) atoms. The van der Waals surface area contributed by atoms with Gasteiger partial charge in [0, 0.05) is 6.54 Å². The first-order valence-corrected chi connectivity index (χ1v) is 9.02. The molecule has 0 aliphatic carbocycles. The molecule has 0 atom stereocenters. The number of amides is 1. The Kier molecular flexibility index (Phi) is 4.31. The molecule has 0 radical (unpaired) electrons. The monoisotopic (exact) mass is 347 g/mol. The van der Waals surface area contributed by atoms with Gasteiger partial charge in [-0.15, -0.1) is 0 Å². The molecule has 124 valence electrons. The maximum atomic E-state index is 12.4. The summed E-state index contributed by atoms with van der Waals surface area (Å²) < 4.78 is 1.87. The lowest BCUT2D eigenvalue weighted by Crippen LogP contribution is -2.27.